The highest BCUT2D eigenvalue weighted by molar-refractivity contribution is 6.11. The zero-order chi connectivity index (χ0) is 14.6. The SMILES string of the molecule is BCNC(=O)C(C)(C)C(=O)OC(C)(C)C(=O)OC. The predicted octanol–water partition coefficient (Wildman–Crippen LogP) is -0.786. The fraction of sp³-hybridized carbons (Fsp3) is 0.727. The van der Waals surface area contributed by atoms with Gasteiger partial charge in [0, 0.05) is 0 Å². The van der Waals surface area contributed by atoms with Crippen molar-refractivity contribution in [1.82, 2.24) is 5.32 Å². The Labute approximate surface area is 108 Å². The molecule has 0 aromatic heterocycles. The summed E-state index contributed by atoms with van der Waals surface area (Å²) in [6.07, 6.45) is 0.413. The van der Waals surface area contributed by atoms with Crippen molar-refractivity contribution < 1.29 is 23.9 Å². The largest absolute Gasteiger partial charge is 0.466 e. The van der Waals surface area contributed by atoms with Crippen molar-refractivity contribution in [1.29, 1.82) is 0 Å². The minimum atomic E-state index is -1.42. The second kappa shape index (κ2) is 5.88. The number of nitrogens with one attached hydrogen (secondary N) is 1. The number of esters is 2. The van der Waals surface area contributed by atoms with Crippen LogP contribution in [0.5, 0.6) is 0 Å². The van der Waals surface area contributed by atoms with Gasteiger partial charge >= 0.3 is 11.9 Å². The maximum absolute atomic E-state index is 11.9. The molecule has 0 aromatic carbocycles. The monoisotopic (exact) mass is 257 g/mol. The van der Waals surface area contributed by atoms with Crippen LogP contribution in [0.25, 0.3) is 0 Å². The zero-order valence-electron chi connectivity index (χ0n) is 11.7. The van der Waals surface area contributed by atoms with Gasteiger partial charge in [0.2, 0.25) is 11.5 Å². The van der Waals surface area contributed by atoms with Crippen LogP contribution >= 0.6 is 0 Å². The number of carbonyl (C=O) groups excluding carboxylic acids is 3. The third kappa shape index (κ3) is 3.75. The third-order valence-electron chi connectivity index (χ3n) is 2.44. The first kappa shape index (κ1) is 16.5. The molecule has 0 aliphatic rings. The summed E-state index contributed by atoms with van der Waals surface area (Å²) in [5.74, 6) is -1.90. The van der Waals surface area contributed by atoms with Gasteiger partial charge < -0.3 is 14.8 Å². The molecule has 0 heterocycles. The third-order valence-corrected chi connectivity index (χ3v) is 2.44. The van der Waals surface area contributed by atoms with Gasteiger partial charge in [0.25, 0.3) is 0 Å². The number of ether oxygens (including phenoxy) is 2. The van der Waals surface area contributed by atoms with Gasteiger partial charge in [0.1, 0.15) is 13.3 Å². The lowest BCUT2D eigenvalue weighted by Gasteiger charge is -2.28. The summed E-state index contributed by atoms with van der Waals surface area (Å²) in [5, 5.41) is 2.54. The van der Waals surface area contributed by atoms with Crippen molar-refractivity contribution in [3.8, 4) is 0 Å². The second-order valence-electron chi connectivity index (χ2n) is 4.88. The molecule has 0 bridgehead atoms. The lowest BCUT2D eigenvalue weighted by atomic mass is 9.91. The summed E-state index contributed by atoms with van der Waals surface area (Å²) in [6, 6.07) is 0. The van der Waals surface area contributed by atoms with Crippen LogP contribution in [0.1, 0.15) is 27.7 Å². The summed E-state index contributed by atoms with van der Waals surface area (Å²) in [6.45, 7) is 5.69. The summed E-state index contributed by atoms with van der Waals surface area (Å²) >= 11 is 0. The molecule has 0 aromatic rings. The van der Waals surface area contributed by atoms with Crippen LogP contribution in [0.15, 0.2) is 0 Å². The van der Waals surface area contributed by atoms with E-state index in [0.29, 0.717) is 6.44 Å². The summed E-state index contributed by atoms with van der Waals surface area (Å²) < 4.78 is 9.57. The van der Waals surface area contributed by atoms with Crippen LogP contribution in [0, 0.1) is 5.41 Å². The van der Waals surface area contributed by atoms with Gasteiger partial charge in [-0.15, -0.1) is 0 Å². The summed E-state index contributed by atoms with van der Waals surface area (Å²) in [7, 11) is 2.95. The highest BCUT2D eigenvalue weighted by atomic mass is 16.6. The minimum Gasteiger partial charge on any atom is -0.466 e. The van der Waals surface area contributed by atoms with Gasteiger partial charge in [0.05, 0.1) is 7.11 Å². The zero-order valence-corrected chi connectivity index (χ0v) is 11.7. The number of hydrogen-bond acceptors (Lipinski definition) is 5. The number of rotatable bonds is 5. The van der Waals surface area contributed by atoms with E-state index in [2.05, 4.69) is 10.1 Å². The molecule has 1 N–H and O–H groups in total. The van der Waals surface area contributed by atoms with Gasteiger partial charge in [-0.25, -0.2) is 4.79 Å². The fourth-order valence-corrected chi connectivity index (χ4v) is 1.12. The van der Waals surface area contributed by atoms with Gasteiger partial charge in [0.15, 0.2) is 0 Å². The van der Waals surface area contributed by atoms with Gasteiger partial charge in [-0.3, -0.25) is 9.59 Å². The first-order valence-corrected chi connectivity index (χ1v) is 5.69. The molecule has 102 valence electrons. The number of amides is 1. The molecule has 6 nitrogen and oxygen atoms in total. The highest BCUT2D eigenvalue weighted by Crippen LogP contribution is 2.22. The molecule has 0 saturated heterocycles. The maximum Gasteiger partial charge on any atom is 0.349 e. The van der Waals surface area contributed by atoms with E-state index in [0.717, 1.165) is 0 Å². The van der Waals surface area contributed by atoms with Crippen LogP contribution in [-0.4, -0.2) is 44.8 Å². The van der Waals surface area contributed by atoms with Crippen molar-refractivity contribution in [2.75, 3.05) is 13.6 Å². The Morgan fingerprint density at radius 3 is 2.00 bits per heavy atom. The van der Waals surface area contributed by atoms with Crippen LogP contribution in [0.3, 0.4) is 0 Å². The van der Waals surface area contributed by atoms with Crippen molar-refractivity contribution >= 4 is 25.7 Å². The molecule has 0 saturated carbocycles. The quantitative estimate of drug-likeness (QED) is 0.396. The molecule has 0 spiro atoms. The van der Waals surface area contributed by atoms with Crippen LogP contribution in [0.2, 0.25) is 0 Å². The molecule has 0 unspecified atom stereocenters. The van der Waals surface area contributed by atoms with Crippen molar-refractivity contribution in [3.05, 3.63) is 0 Å². The Morgan fingerprint density at radius 2 is 1.61 bits per heavy atom. The van der Waals surface area contributed by atoms with E-state index >= 15 is 0 Å². The van der Waals surface area contributed by atoms with E-state index in [1.807, 2.05) is 0 Å². The summed E-state index contributed by atoms with van der Waals surface area (Å²) in [4.78, 5) is 35.0. The minimum absolute atomic E-state index is 0.413. The normalized spacial score (nSPS) is 11.6. The first-order chi connectivity index (χ1) is 8.09. The lowest BCUT2D eigenvalue weighted by Crippen LogP contribution is -2.48. The van der Waals surface area contributed by atoms with E-state index in [9.17, 15) is 14.4 Å². The fourth-order valence-electron chi connectivity index (χ4n) is 1.12. The number of hydrogen-bond donors (Lipinski definition) is 1. The topological polar surface area (TPSA) is 81.7 Å². The second-order valence-corrected chi connectivity index (χ2v) is 4.88. The van der Waals surface area contributed by atoms with Crippen LogP contribution in [-0.2, 0) is 23.9 Å². The first-order valence-electron chi connectivity index (χ1n) is 5.69. The van der Waals surface area contributed by atoms with Crippen LogP contribution < -0.4 is 5.32 Å². The smallest absolute Gasteiger partial charge is 0.349 e. The van der Waals surface area contributed by atoms with Gasteiger partial charge in [-0.2, -0.15) is 0 Å². The average molecular weight is 257 g/mol. The average Bonchev–Trinajstić information content (AvgIpc) is 2.27. The maximum atomic E-state index is 11.9. The lowest BCUT2D eigenvalue weighted by molar-refractivity contribution is -0.183. The van der Waals surface area contributed by atoms with Crippen molar-refractivity contribution in [2.45, 2.75) is 33.3 Å². The van der Waals surface area contributed by atoms with E-state index in [4.69, 9.17) is 4.74 Å². The molecule has 0 radical (unpaired) electrons. The molecule has 0 fully saturated rings. The Balaban J connectivity index is 4.86. The molecular weight excluding hydrogens is 237 g/mol. The van der Waals surface area contributed by atoms with E-state index < -0.39 is 28.9 Å². The Bertz CT molecular complexity index is 351. The van der Waals surface area contributed by atoms with E-state index in [1.165, 1.54) is 34.8 Å². The molecule has 18 heavy (non-hydrogen) atoms. The van der Waals surface area contributed by atoms with E-state index in [-0.39, 0.29) is 0 Å². The number of carbonyl (C=O) groups is 3. The van der Waals surface area contributed by atoms with Crippen LogP contribution in [0.4, 0.5) is 0 Å². The molecule has 0 aliphatic heterocycles. The molecular formula is C11H20BNO5. The molecule has 0 aliphatic carbocycles. The van der Waals surface area contributed by atoms with Crippen molar-refractivity contribution in [3.63, 3.8) is 0 Å². The molecule has 0 atom stereocenters. The standard InChI is InChI=1S/C11H20BNO5/c1-10(2,7(14)13-6-12)8(15)18-11(3,4)9(16)17-5/h6,12H2,1-5H3,(H,13,14). The van der Waals surface area contributed by atoms with Gasteiger partial charge in [-0.1, -0.05) is 0 Å². The molecule has 7 heteroatoms. The highest BCUT2D eigenvalue weighted by Gasteiger charge is 2.43. The Kier molecular flexibility index (Phi) is 5.39. The van der Waals surface area contributed by atoms with E-state index in [1.54, 1.807) is 7.85 Å². The Hall–Kier alpha value is -1.53. The predicted molar refractivity (Wildman–Crippen MR) is 67.5 cm³/mol. The molecule has 0 rings (SSSR count). The van der Waals surface area contributed by atoms with Gasteiger partial charge in [-0.05, 0) is 34.1 Å². The van der Waals surface area contributed by atoms with Crippen molar-refractivity contribution in [2.24, 2.45) is 5.41 Å². The Morgan fingerprint density at radius 1 is 1.11 bits per heavy atom. The summed E-state index contributed by atoms with van der Waals surface area (Å²) in [5.41, 5.74) is -2.78. The molecule has 1 amide bonds. The number of methoxy groups -OCH3 is 1.